The average Bonchev–Trinajstić information content (AvgIpc) is 2.34. The number of nitrogens with zero attached hydrogens (tertiary/aromatic N) is 1. The average molecular weight is 277 g/mol. The molecule has 0 amide bonds. The van der Waals surface area contributed by atoms with Gasteiger partial charge in [-0.25, -0.2) is 0 Å². The van der Waals surface area contributed by atoms with Gasteiger partial charge in [-0.15, -0.1) is 13.2 Å². The third-order valence-corrected chi connectivity index (χ3v) is 2.62. The lowest BCUT2D eigenvalue weighted by Crippen LogP contribution is -2.26. The summed E-state index contributed by atoms with van der Waals surface area (Å²) in [6.07, 6.45) is -4.64. The number of likely N-dealkylation sites (N-methyl/N-ethyl adjacent to an activating group) is 1. The van der Waals surface area contributed by atoms with Gasteiger partial charge in [0.1, 0.15) is 5.75 Å². The van der Waals surface area contributed by atoms with E-state index in [0.29, 0.717) is 13.2 Å². The normalized spacial score (nSPS) is 11.9. The van der Waals surface area contributed by atoms with E-state index in [2.05, 4.69) is 9.64 Å². The highest BCUT2D eigenvalue weighted by Gasteiger charge is 2.30. The number of ether oxygens (including phenoxy) is 2. The van der Waals surface area contributed by atoms with Crippen LogP contribution in [0.5, 0.6) is 5.75 Å². The van der Waals surface area contributed by atoms with Crippen molar-refractivity contribution in [1.29, 1.82) is 0 Å². The Morgan fingerprint density at radius 2 is 1.79 bits per heavy atom. The van der Waals surface area contributed by atoms with E-state index in [1.807, 2.05) is 6.92 Å². The summed E-state index contributed by atoms with van der Waals surface area (Å²) in [5, 5.41) is 0. The van der Waals surface area contributed by atoms with Crippen molar-refractivity contribution < 1.29 is 22.6 Å². The topological polar surface area (TPSA) is 21.7 Å². The van der Waals surface area contributed by atoms with Crippen LogP contribution in [0.15, 0.2) is 24.3 Å². The van der Waals surface area contributed by atoms with E-state index in [-0.39, 0.29) is 5.75 Å². The molecule has 0 bridgehead atoms. The van der Waals surface area contributed by atoms with E-state index in [9.17, 15) is 13.2 Å². The minimum absolute atomic E-state index is 0.198. The highest BCUT2D eigenvalue weighted by Crippen LogP contribution is 2.23. The first-order valence-corrected chi connectivity index (χ1v) is 6.00. The lowest BCUT2D eigenvalue weighted by atomic mass is 10.2. The molecule has 0 aliphatic heterocycles. The van der Waals surface area contributed by atoms with Crippen LogP contribution in [0.2, 0.25) is 0 Å². The van der Waals surface area contributed by atoms with Gasteiger partial charge in [-0.1, -0.05) is 19.1 Å². The molecule has 0 saturated carbocycles. The van der Waals surface area contributed by atoms with Crippen molar-refractivity contribution in [2.75, 3.05) is 26.8 Å². The molecule has 0 aromatic heterocycles. The van der Waals surface area contributed by atoms with Gasteiger partial charge < -0.3 is 9.47 Å². The van der Waals surface area contributed by atoms with E-state index in [0.717, 1.165) is 18.7 Å². The van der Waals surface area contributed by atoms with E-state index >= 15 is 0 Å². The van der Waals surface area contributed by atoms with Gasteiger partial charge in [-0.05, 0) is 24.2 Å². The predicted octanol–water partition coefficient (Wildman–Crippen LogP) is 3.05. The van der Waals surface area contributed by atoms with Gasteiger partial charge >= 0.3 is 6.36 Å². The first kappa shape index (κ1) is 15.8. The first-order valence-electron chi connectivity index (χ1n) is 6.00. The van der Waals surface area contributed by atoms with Crippen molar-refractivity contribution in [1.82, 2.24) is 4.90 Å². The van der Waals surface area contributed by atoms with Gasteiger partial charge in [-0.2, -0.15) is 0 Å². The lowest BCUT2D eigenvalue weighted by Gasteiger charge is -2.20. The second-order valence-corrected chi connectivity index (χ2v) is 4.05. The Bertz CT molecular complexity index is 365. The minimum atomic E-state index is -4.64. The standard InChI is InChI=1S/C13H18F3NO2/c1-3-17(8-9-18-2)10-11-4-6-12(7-5-11)19-13(14,15)16/h4-7H,3,8-10H2,1-2H3. The zero-order valence-electron chi connectivity index (χ0n) is 11.0. The number of hydrogen-bond acceptors (Lipinski definition) is 3. The van der Waals surface area contributed by atoms with Crippen molar-refractivity contribution >= 4 is 0 Å². The number of methoxy groups -OCH3 is 1. The van der Waals surface area contributed by atoms with Crippen molar-refractivity contribution in [2.24, 2.45) is 0 Å². The molecular formula is C13H18F3NO2. The molecule has 19 heavy (non-hydrogen) atoms. The largest absolute Gasteiger partial charge is 0.573 e. The first-order chi connectivity index (χ1) is 8.94. The smallest absolute Gasteiger partial charge is 0.406 e. The molecule has 0 spiro atoms. The third-order valence-electron chi connectivity index (χ3n) is 2.62. The summed E-state index contributed by atoms with van der Waals surface area (Å²) in [7, 11) is 1.64. The molecule has 0 saturated heterocycles. The summed E-state index contributed by atoms with van der Waals surface area (Å²) < 4.78 is 44.8. The Morgan fingerprint density at radius 1 is 1.16 bits per heavy atom. The number of benzene rings is 1. The van der Waals surface area contributed by atoms with Crippen LogP contribution in [0, 0.1) is 0 Å². The Hall–Kier alpha value is -1.27. The second-order valence-electron chi connectivity index (χ2n) is 4.05. The fraction of sp³-hybridized carbons (Fsp3) is 0.538. The lowest BCUT2D eigenvalue weighted by molar-refractivity contribution is -0.274. The van der Waals surface area contributed by atoms with Crippen molar-refractivity contribution in [3.8, 4) is 5.75 Å². The molecule has 3 nitrogen and oxygen atoms in total. The molecule has 0 atom stereocenters. The molecule has 108 valence electrons. The number of halogens is 3. The van der Waals surface area contributed by atoms with Gasteiger partial charge in [0.2, 0.25) is 0 Å². The molecule has 1 aromatic rings. The minimum Gasteiger partial charge on any atom is -0.406 e. The molecule has 0 radical (unpaired) electrons. The van der Waals surface area contributed by atoms with Crippen LogP contribution in [-0.4, -0.2) is 38.1 Å². The molecule has 0 N–H and O–H groups in total. The van der Waals surface area contributed by atoms with Gasteiger partial charge in [0, 0.05) is 20.2 Å². The monoisotopic (exact) mass is 277 g/mol. The quantitative estimate of drug-likeness (QED) is 0.764. The predicted molar refractivity (Wildman–Crippen MR) is 66.0 cm³/mol. The van der Waals surface area contributed by atoms with Crippen LogP contribution in [-0.2, 0) is 11.3 Å². The Kier molecular flexibility index (Phi) is 6.11. The van der Waals surface area contributed by atoms with Crippen LogP contribution in [0.25, 0.3) is 0 Å². The zero-order valence-corrected chi connectivity index (χ0v) is 11.0. The molecule has 1 aromatic carbocycles. The number of alkyl halides is 3. The molecule has 0 aliphatic rings. The Morgan fingerprint density at radius 3 is 2.26 bits per heavy atom. The molecule has 0 aliphatic carbocycles. The molecule has 0 fully saturated rings. The Balaban J connectivity index is 2.55. The molecule has 6 heteroatoms. The number of hydrogen-bond donors (Lipinski definition) is 0. The number of rotatable bonds is 7. The Labute approximate surface area is 110 Å². The summed E-state index contributed by atoms with van der Waals surface area (Å²) in [6, 6.07) is 5.92. The fourth-order valence-electron chi connectivity index (χ4n) is 1.62. The van der Waals surface area contributed by atoms with Gasteiger partial charge in [0.05, 0.1) is 6.61 Å². The maximum Gasteiger partial charge on any atom is 0.573 e. The third kappa shape index (κ3) is 6.45. The van der Waals surface area contributed by atoms with Crippen LogP contribution in [0.3, 0.4) is 0 Å². The summed E-state index contributed by atoms with van der Waals surface area (Å²) >= 11 is 0. The van der Waals surface area contributed by atoms with Crippen molar-refractivity contribution in [2.45, 2.75) is 19.8 Å². The van der Waals surface area contributed by atoms with Crippen LogP contribution in [0.1, 0.15) is 12.5 Å². The summed E-state index contributed by atoms with van der Waals surface area (Å²) in [4.78, 5) is 2.14. The SMILES string of the molecule is CCN(CCOC)Cc1ccc(OC(F)(F)F)cc1. The van der Waals surface area contributed by atoms with Crippen molar-refractivity contribution in [3.63, 3.8) is 0 Å². The summed E-state index contributed by atoms with van der Waals surface area (Å²) in [5.74, 6) is -0.198. The van der Waals surface area contributed by atoms with E-state index < -0.39 is 6.36 Å². The molecule has 0 heterocycles. The zero-order chi connectivity index (χ0) is 14.3. The van der Waals surface area contributed by atoms with Crippen LogP contribution < -0.4 is 4.74 Å². The fourth-order valence-corrected chi connectivity index (χ4v) is 1.62. The van der Waals surface area contributed by atoms with Gasteiger partial charge in [0.15, 0.2) is 0 Å². The highest BCUT2D eigenvalue weighted by molar-refractivity contribution is 5.27. The summed E-state index contributed by atoms with van der Waals surface area (Å²) in [5.41, 5.74) is 0.937. The van der Waals surface area contributed by atoms with Crippen LogP contribution >= 0.6 is 0 Å². The molecular weight excluding hydrogens is 259 g/mol. The molecule has 1 rings (SSSR count). The van der Waals surface area contributed by atoms with Gasteiger partial charge in [-0.3, -0.25) is 4.90 Å². The van der Waals surface area contributed by atoms with E-state index in [1.54, 1.807) is 19.2 Å². The molecule has 0 unspecified atom stereocenters. The van der Waals surface area contributed by atoms with Crippen molar-refractivity contribution in [3.05, 3.63) is 29.8 Å². The second kappa shape index (κ2) is 7.35. The maximum absolute atomic E-state index is 12.0. The summed E-state index contributed by atoms with van der Waals surface area (Å²) in [6.45, 7) is 4.96. The van der Waals surface area contributed by atoms with Crippen LogP contribution in [0.4, 0.5) is 13.2 Å². The van der Waals surface area contributed by atoms with Gasteiger partial charge in [0.25, 0.3) is 0 Å². The maximum atomic E-state index is 12.0. The highest BCUT2D eigenvalue weighted by atomic mass is 19.4. The van der Waals surface area contributed by atoms with E-state index in [4.69, 9.17) is 4.74 Å². The van der Waals surface area contributed by atoms with E-state index in [1.165, 1.54) is 12.1 Å².